The van der Waals surface area contributed by atoms with E-state index in [-0.39, 0.29) is 5.91 Å². The monoisotopic (exact) mass is 432 g/mol. The van der Waals surface area contributed by atoms with Gasteiger partial charge in [0.25, 0.3) is 5.91 Å². The number of nitrogens with zero attached hydrogens (tertiary/aromatic N) is 3. The molecule has 4 rings (SSSR count). The number of hydrogen-bond acceptors (Lipinski definition) is 3. The molecule has 0 radical (unpaired) electrons. The molecule has 31 heavy (non-hydrogen) atoms. The molecule has 0 unspecified atom stereocenters. The maximum absolute atomic E-state index is 12.8. The van der Waals surface area contributed by atoms with Gasteiger partial charge in [-0.15, -0.1) is 10.2 Å². The summed E-state index contributed by atoms with van der Waals surface area (Å²) >= 11 is 6.43. The van der Waals surface area contributed by atoms with E-state index in [2.05, 4.69) is 34.6 Å². The summed E-state index contributed by atoms with van der Waals surface area (Å²) in [5.41, 5.74) is 6.69. The number of carbonyl (C=O) groups is 1. The molecule has 1 N–H and O–H groups in total. The molecule has 0 bridgehead atoms. The van der Waals surface area contributed by atoms with Crippen LogP contribution >= 0.6 is 11.6 Å². The maximum atomic E-state index is 12.8. The standard InChI is InChI=1S/C25H25ClN4O/c1-4-5-6-18-8-10-19(11-9-18)30-28-23-14-21(26)22(15-24(23)29-30)27-25(31)20-12-7-16(2)13-17(20)3/h7-15H,4-6H2,1-3H3,(H,27,31). The van der Waals surface area contributed by atoms with Crippen molar-refractivity contribution in [3.05, 3.63) is 81.9 Å². The summed E-state index contributed by atoms with van der Waals surface area (Å²) in [6.07, 6.45) is 3.43. The number of unbranched alkanes of at least 4 members (excludes halogenated alkanes) is 1. The number of carbonyl (C=O) groups excluding carboxylic acids is 1. The van der Waals surface area contributed by atoms with Crippen LogP contribution in [0.1, 0.15) is 46.8 Å². The Morgan fingerprint density at radius 3 is 2.39 bits per heavy atom. The molecule has 0 aliphatic heterocycles. The van der Waals surface area contributed by atoms with Gasteiger partial charge in [-0.25, -0.2) is 0 Å². The van der Waals surface area contributed by atoms with Gasteiger partial charge in [-0.2, -0.15) is 4.80 Å². The zero-order chi connectivity index (χ0) is 22.0. The first kappa shape index (κ1) is 21.1. The lowest BCUT2D eigenvalue weighted by Crippen LogP contribution is -2.13. The van der Waals surface area contributed by atoms with E-state index in [9.17, 15) is 4.79 Å². The smallest absolute Gasteiger partial charge is 0.255 e. The lowest BCUT2D eigenvalue weighted by atomic mass is 10.1. The molecule has 4 aromatic rings. The molecule has 0 aliphatic rings. The normalized spacial score (nSPS) is 11.1. The van der Waals surface area contributed by atoms with E-state index in [1.165, 1.54) is 18.4 Å². The molecular formula is C25H25ClN4O. The van der Waals surface area contributed by atoms with Crippen molar-refractivity contribution in [2.75, 3.05) is 5.32 Å². The van der Waals surface area contributed by atoms with Crippen molar-refractivity contribution in [3.8, 4) is 5.69 Å². The van der Waals surface area contributed by atoms with Gasteiger partial charge >= 0.3 is 0 Å². The van der Waals surface area contributed by atoms with Crippen LogP contribution < -0.4 is 5.32 Å². The molecular weight excluding hydrogens is 408 g/mol. The van der Waals surface area contributed by atoms with Crippen molar-refractivity contribution in [2.24, 2.45) is 0 Å². The number of aromatic nitrogens is 3. The third-order valence-electron chi connectivity index (χ3n) is 5.33. The van der Waals surface area contributed by atoms with Gasteiger partial charge < -0.3 is 5.32 Å². The van der Waals surface area contributed by atoms with Gasteiger partial charge in [0.1, 0.15) is 11.0 Å². The highest BCUT2D eigenvalue weighted by molar-refractivity contribution is 6.34. The Morgan fingerprint density at radius 2 is 1.71 bits per heavy atom. The minimum Gasteiger partial charge on any atom is -0.321 e. The fraction of sp³-hybridized carbons (Fsp3) is 0.240. The van der Waals surface area contributed by atoms with Gasteiger partial charge in [0.2, 0.25) is 0 Å². The number of fused-ring (bicyclic) bond motifs is 1. The number of rotatable bonds is 6. The van der Waals surface area contributed by atoms with E-state index < -0.39 is 0 Å². The number of halogens is 1. The molecule has 0 atom stereocenters. The Hall–Kier alpha value is -3.18. The van der Waals surface area contributed by atoms with Gasteiger partial charge in [-0.05, 0) is 68.1 Å². The Morgan fingerprint density at radius 1 is 1.00 bits per heavy atom. The molecule has 0 aliphatic carbocycles. The van der Waals surface area contributed by atoms with Crippen molar-refractivity contribution < 1.29 is 4.79 Å². The summed E-state index contributed by atoms with van der Waals surface area (Å²) in [4.78, 5) is 14.4. The molecule has 1 aromatic heterocycles. The fourth-order valence-electron chi connectivity index (χ4n) is 3.58. The van der Waals surface area contributed by atoms with Crippen molar-refractivity contribution in [3.63, 3.8) is 0 Å². The first-order chi connectivity index (χ1) is 14.9. The molecule has 0 fully saturated rings. The SMILES string of the molecule is CCCCc1ccc(-n2nc3cc(Cl)c(NC(=O)c4ccc(C)cc4C)cc3n2)cc1. The zero-order valence-corrected chi connectivity index (χ0v) is 18.7. The minimum atomic E-state index is -0.200. The van der Waals surface area contributed by atoms with Crippen LogP contribution in [0.2, 0.25) is 5.02 Å². The lowest BCUT2D eigenvalue weighted by Gasteiger charge is -2.09. The van der Waals surface area contributed by atoms with Crippen LogP contribution in [0.25, 0.3) is 16.7 Å². The predicted molar refractivity (Wildman–Crippen MR) is 126 cm³/mol. The Kier molecular flexibility index (Phi) is 6.05. The molecule has 158 valence electrons. The van der Waals surface area contributed by atoms with E-state index in [0.29, 0.717) is 27.3 Å². The topological polar surface area (TPSA) is 59.8 Å². The Bertz CT molecular complexity index is 1240. The highest BCUT2D eigenvalue weighted by atomic mass is 35.5. The van der Waals surface area contributed by atoms with E-state index >= 15 is 0 Å². The highest BCUT2D eigenvalue weighted by Gasteiger charge is 2.14. The first-order valence-electron chi connectivity index (χ1n) is 10.5. The Labute approximate surface area is 187 Å². The summed E-state index contributed by atoms with van der Waals surface area (Å²) in [5.74, 6) is -0.200. The van der Waals surface area contributed by atoms with E-state index in [0.717, 1.165) is 23.2 Å². The fourth-order valence-corrected chi connectivity index (χ4v) is 3.79. The van der Waals surface area contributed by atoms with Gasteiger partial charge in [0.05, 0.1) is 16.4 Å². The molecule has 0 spiro atoms. The van der Waals surface area contributed by atoms with Crippen LogP contribution in [0.4, 0.5) is 5.69 Å². The third-order valence-corrected chi connectivity index (χ3v) is 5.64. The van der Waals surface area contributed by atoms with E-state index in [4.69, 9.17) is 11.6 Å². The summed E-state index contributed by atoms with van der Waals surface area (Å²) < 4.78 is 0. The van der Waals surface area contributed by atoms with Gasteiger partial charge in [0.15, 0.2) is 0 Å². The molecule has 5 nitrogen and oxygen atoms in total. The number of hydrogen-bond donors (Lipinski definition) is 1. The second kappa shape index (κ2) is 8.90. The van der Waals surface area contributed by atoms with Crippen LogP contribution in [0.15, 0.2) is 54.6 Å². The first-order valence-corrected chi connectivity index (χ1v) is 10.9. The molecule has 0 saturated heterocycles. The molecule has 6 heteroatoms. The maximum Gasteiger partial charge on any atom is 0.255 e. The van der Waals surface area contributed by atoms with Crippen molar-refractivity contribution >= 4 is 34.2 Å². The number of amides is 1. The highest BCUT2D eigenvalue weighted by Crippen LogP contribution is 2.28. The van der Waals surface area contributed by atoms with Gasteiger partial charge in [-0.1, -0.05) is 54.8 Å². The summed E-state index contributed by atoms with van der Waals surface area (Å²) in [7, 11) is 0. The molecule has 0 saturated carbocycles. The summed E-state index contributed by atoms with van der Waals surface area (Å²) in [5, 5.41) is 12.5. The zero-order valence-electron chi connectivity index (χ0n) is 17.9. The molecule has 3 aromatic carbocycles. The van der Waals surface area contributed by atoms with Gasteiger partial charge in [-0.3, -0.25) is 4.79 Å². The van der Waals surface area contributed by atoms with E-state index in [1.54, 1.807) is 16.9 Å². The number of anilines is 1. The lowest BCUT2D eigenvalue weighted by molar-refractivity contribution is 0.102. The van der Waals surface area contributed by atoms with Crippen LogP contribution in [0.3, 0.4) is 0 Å². The van der Waals surface area contributed by atoms with Crippen molar-refractivity contribution in [2.45, 2.75) is 40.0 Å². The van der Waals surface area contributed by atoms with Crippen LogP contribution in [-0.4, -0.2) is 20.9 Å². The van der Waals surface area contributed by atoms with Crippen LogP contribution in [-0.2, 0) is 6.42 Å². The van der Waals surface area contributed by atoms with Gasteiger partial charge in [0, 0.05) is 5.56 Å². The quantitative estimate of drug-likeness (QED) is 0.389. The summed E-state index contributed by atoms with van der Waals surface area (Å²) in [6, 6.07) is 17.5. The molecule has 1 amide bonds. The third kappa shape index (κ3) is 4.62. The second-order valence-electron chi connectivity index (χ2n) is 7.85. The number of benzene rings is 3. The average molecular weight is 433 g/mol. The number of nitrogens with one attached hydrogen (secondary N) is 1. The average Bonchev–Trinajstić information content (AvgIpc) is 3.15. The Balaban J connectivity index is 1.59. The summed E-state index contributed by atoms with van der Waals surface area (Å²) in [6.45, 7) is 6.12. The van der Waals surface area contributed by atoms with Crippen LogP contribution in [0.5, 0.6) is 0 Å². The number of aryl methyl sites for hydroxylation is 3. The largest absolute Gasteiger partial charge is 0.321 e. The molecule has 1 heterocycles. The van der Waals surface area contributed by atoms with Crippen molar-refractivity contribution in [1.82, 2.24) is 15.0 Å². The van der Waals surface area contributed by atoms with Crippen LogP contribution in [0, 0.1) is 13.8 Å². The van der Waals surface area contributed by atoms with E-state index in [1.807, 2.05) is 44.2 Å². The minimum absolute atomic E-state index is 0.200. The predicted octanol–water partition coefficient (Wildman–Crippen LogP) is 6.29. The van der Waals surface area contributed by atoms with Crippen molar-refractivity contribution in [1.29, 1.82) is 0 Å². The second-order valence-corrected chi connectivity index (χ2v) is 8.26.